The number of hydrogen-bond acceptors (Lipinski definition) is 6. The first kappa shape index (κ1) is 22.9. The lowest BCUT2D eigenvalue weighted by molar-refractivity contribution is -0.138. The zero-order valence-electron chi connectivity index (χ0n) is 18.7. The minimum absolute atomic E-state index is 0.0773. The van der Waals surface area contributed by atoms with Crippen molar-refractivity contribution in [3.63, 3.8) is 0 Å². The Hall–Kier alpha value is -3.23. The van der Waals surface area contributed by atoms with Gasteiger partial charge in [-0.1, -0.05) is 30.3 Å². The summed E-state index contributed by atoms with van der Waals surface area (Å²) >= 11 is 0. The number of benzene rings is 2. The summed E-state index contributed by atoms with van der Waals surface area (Å²) in [5.41, 5.74) is 1.60. The average molecular weight is 454 g/mol. The maximum atomic E-state index is 14.3. The Bertz CT molecular complexity index is 1050. The van der Waals surface area contributed by atoms with Crippen LogP contribution in [-0.2, 0) is 16.1 Å². The predicted molar refractivity (Wildman–Crippen MR) is 122 cm³/mol. The van der Waals surface area contributed by atoms with Gasteiger partial charge in [0.05, 0.1) is 25.3 Å². The second kappa shape index (κ2) is 10.1. The first-order valence-corrected chi connectivity index (χ1v) is 11.2. The van der Waals surface area contributed by atoms with E-state index in [1.807, 2.05) is 11.8 Å². The molecule has 0 unspecified atom stereocenters. The first-order chi connectivity index (χ1) is 16.0. The predicted octanol–water partition coefficient (Wildman–Crippen LogP) is 2.11. The highest BCUT2D eigenvalue weighted by Crippen LogP contribution is 2.34. The highest BCUT2D eigenvalue weighted by Gasteiger charge is 2.42. The van der Waals surface area contributed by atoms with Crippen molar-refractivity contribution in [2.24, 2.45) is 0 Å². The van der Waals surface area contributed by atoms with Crippen LogP contribution in [0, 0.1) is 5.82 Å². The van der Waals surface area contributed by atoms with Gasteiger partial charge in [0.25, 0.3) is 11.8 Å². The summed E-state index contributed by atoms with van der Waals surface area (Å²) in [5.74, 6) is -0.615. The van der Waals surface area contributed by atoms with Crippen molar-refractivity contribution in [2.45, 2.75) is 13.5 Å². The third-order valence-corrected chi connectivity index (χ3v) is 5.99. The lowest BCUT2D eigenvalue weighted by Crippen LogP contribution is -2.48. The molecule has 1 N–H and O–H groups in total. The fourth-order valence-electron chi connectivity index (χ4n) is 4.28. The van der Waals surface area contributed by atoms with Gasteiger partial charge in [-0.05, 0) is 30.7 Å². The Morgan fingerprint density at radius 1 is 0.970 bits per heavy atom. The Kier molecular flexibility index (Phi) is 7.05. The fraction of sp³-hybridized carbons (Fsp3) is 0.360. The van der Waals surface area contributed by atoms with Crippen molar-refractivity contribution >= 4 is 17.4 Å². The Morgan fingerprint density at radius 3 is 2.30 bits per heavy atom. The molecule has 1 saturated heterocycles. The molecule has 33 heavy (non-hydrogen) atoms. The fourth-order valence-corrected chi connectivity index (χ4v) is 4.28. The number of amides is 2. The van der Waals surface area contributed by atoms with E-state index in [2.05, 4.69) is 4.90 Å². The molecule has 0 spiro atoms. The second-order valence-electron chi connectivity index (χ2n) is 8.02. The summed E-state index contributed by atoms with van der Waals surface area (Å²) in [7, 11) is 0. The van der Waals surface area contributed by atoms with Crippen molar-refractivity contribution in [1.29, 1.82) is 0 Å². The zero-order chi connectivity index (χ0) is 23.4. The quantitative estimate of drug-likeness (QED) is 0.618. The average Bonchev–Trinajstić information content (AvgIpc) is 3.07. The van der Waals surface area contributed by atoms with Gasteiger partial charge in [-0.15, -0.1) is 0 Å². The summed E-state index contributed by atoms with van der Waals surface area (Å²) in [6.45, 7) is 5.41. The van der Waals surface area contributed by atoms with E-state index in [0.717, 1.165) is 4.90 Å². The molecule has 0 radical (unpaired) electrons. The third kappa shape index (κ3) is 4.77. The number of imide groups is 1. The van der Waals surface area contributed by atoms with Crippen LogP contribution in [0.1, 0.15) is 18.1 Å². The number of rotatable bonds is 8. The van der Waals surface area contributed by atoms with Crippen LogP contribution >= 0.6 is 0 Å². The van der Waals surface area contributed by atoms with Crippen molar-refractivity contribution in [1.82, 2.24) is 14.7 Å². The molecule has 7 nitrogen and oxygen atoms in total. The van der Waals surface area contributed by atoms with Crippen LogP contribution in [0.3, 0.4) is 0 Å². The standard InChI is InChI=1S/C25H28FN3O4/c1-2-33-20-9-7-18(8-10-20)22-23(28-13-11-27(12-14-28)15-16-30)25(32)29(24(22)31)17-19-5-3-4-6-21(19)26/h3-10,30H,2,11-17H2,1H3. The molecule has 0 atom stereocenters. The van der Waals surface area contributed by atoms with Gasteiger partial charge in [-0.2, -0.15) is 0 Å². The van der Waals surface area contributed by atoms with Crippen molar-refractivity contribution in [3.05, 3.63) is 71.2 Å². The lowest BCUT2D eigenvalue weighted by atomic mass is 10.0. The van der Waals surface area contributed by atoms with Crippen molar-refractivity contribution in [2.75, 3.05) is 45.9 Å². The van der Waals surface area contributed by atoms with E-state index in [1.165, 1.54) is 6.07 Å². The minimum Gasteiger partial charge on any atom is -0.494 e. The van der Waals surface area contributed by atoms with E-state index >= 15 is 0 Å². The van der Waals surface area contributed by atoms with E-state index in [-0.39, 0.29) is 13.2 Å². The van der Waals surface area contributed by atoms with E-state index < -0.39 is 17.6 Å². The Morgan fingerprint density at radius 2 is 1.67 bits per heavy atom. The van der Waals surface area contributed by atoms with E-state index in [4.69, 9.17) is 4.74 Å². The highest BCUT2D eigenvalue weighted by molar-refractivity contribution is 6.35. The summed E-state index contributed by atoms with van der Waals surface area (Å²) in [4.78, 5) is 32.2. The number of piperazine rings is 1. The number of ether oxygens (including phenoxy) is 1. The third-order valence-electron chi connectivity index (χ3n) is 5.99. The molecular weight excluding hydrogens is 425 g/mol. The second-order valence-corrected chi connectivity index (χ2v) is 8.02. The Labute approximate surface area is 192 Å². The molecule has 174 valence electrons. The van der Waals surface area contributed by atoms with E-state index in [0.29, 0.717) is 67.5 Å². The summed E-state index contributed by atoms with van der Waals surface area (Å²) in [5, 5.41) is 9.21. The number of β-amino-alcohol motifs (C(OH)–C–C–N with tert-alkyl or cyclic N) is 1. The van der Waals surface area contributed by atoms with Crippen LogP contribution < -0.4 is 4.74 Å². The molecule has 0 saturated carbocycles. The van der Waals surface area contributed by atoms with E-state index in [9.17, 15) is 19.1 Å². The molecule has 0 aromatic heterocycles. The number of aliphatic hydroxyl groups is 1. The zero-order valence-corrected chi connectivity index (χ0v) is 18.7. The number of carbonyl (C=O) groups is 2. The van der Waals surface area contributed by atoms with Crippen LogP contribution in [0.15, 0.2) is 54.2 Å². The monoisotopic (exact) mass is 453 g/mol. The molecule has 8 heteroatoms. The molecule has 2 aliphatic heterocycles. The number of aliphatic hydroxyl groups excluding tert-OH is 1. The lowest BCUT2D eigenvalue weighted by Gasteiger charge is -2.36. The number of halogens is 1. The largest absolute Gasteiger partial charge is 0.494 e. The van der Waals surface area contributed by atoms with Gasteiger partial charge in [0.15, 0.2) is 0 Å². The molecule has 2 amide bonds. The Balaban J connectivity index is 1.67. The normalized spacial score (nSPS) is 17.3. The summed E-state index contributed by atoms with van der Waals surface area (Å²) in [6, 6.07) is 13.3. The van der Waals surface area contributed by atoms with Crippen LogP contribution in [0.4, 0.5) is 4.39 Å². The molecule has 0 bridgehead atoms. The number of carbonyl (C=O) groups excluding carboxylic acids is 2. The van der Waals surface area contributed by atoms with Crippen LogP contribution in [0.25, 0.3) is 5.57 Å². The molecule has 0 aliphatic carbocycles. The van der Waals surface area contributed by atoms with Gasteiger partial charge in [-0.25, -0.2) is 4.39 Å². The van der Waals surface area contributed by atoms with Gasteiger partial charge in [0.2, 0.25) is 0 Å². The molecular formula is C25H28FN3O4. The van der Waals surface area contributed by atoms with Crippen LogP contribution in [0.2, 0.25) is 0 Å². The van der Waals surface area contributed by atoms with E-state index in [1.54, 1.807) is 42.5 Å². The van der Waals surface area contributed by atoms with Gasteiger partial charge in [0.1, 0.15) is 17.3 Å². The van der Waals surface area contributed by atoms with Crippen LogP contribution in [-0.4, -0.2) is 77.6 Å². The van der Waals surface area contributed by atoms with Gasteiger partial charge >= 0.3 is 0 Å². The van der Waals surface area contributed by atoms with Gasteiger partial charge in [-0.3, -0.25) is 19.4 Å². The minimum atomic E-state index is -0.452. The highest BCUT2D eigenvalue weighted by atomic mass is 19.1. The van der Waals surface area contributed by atoms with Crippen molar-refractivity contribution in [3.8, 4) is 5.75 Å². The maximum Gasteiger partial charge on any atom is 0.278 e. The smallest absolute Gasteiger partial charge is 0.278 e. The first-order valence-electron chi connectivity index (χ1n) is 11.2. The van der Waals surface area contributed by atoms with Gasteiger partial charge < -0.3 is 14.7 Å². The molecule has 2 heterocycles. The molecule has 4 rings (SSSR count). The summed E-state index contributed by atoms with van der Waals surface area (Å²) < 4.78 is 19.8. The van der Waals surface area contributed by atoms with Crippen molar-refractivity contribution < 1.29 is 23.8 Å². The van der Waals surface area contributed by atoms with Gasteiger partial charge in [0, 0.05) is 38.3 Å². The maximum absolute atomic E-state index is 14.3. The number of nitrogens with zero attached hydrogens (tertiary/aromatic N) is 3. The SMILES string of the molecule is CCOc1ccc(C2=C(N3CCN(CCO)CC3)C(=O)N(Cc3ccccc3F)C2=O)cc1. The molecule has 2 aliphatic rings. The molecule has 2 aromatic rings. The topological polar surface area (TPSA) is 73.3 Å². The molecule has 2 aromatic carbocycles. The molecule has 1 fully saturated rings. The number of hydrogen-bond donors (Lipinski definition) is 1. The summed E-state index contributed by atoms with van der Waals surface area (Å²) in [6.07, 6.45) is 0. The van der Waals surface area contributed by atoms with Crippen LogP contribution in [0.5, 0.6) is 5.75 Å².